The van der Waals surface area contributed by atoms with Crippen LogP contribution in [0.1, 0.15) is 60.3 Å². The van der Waals surface area contributed by atoms with Gasteiger partial charge in [0.15, 0.2) is 0 Å². The van der Waals surface area contributed by atoms with Crippen LogP contribution in [0.2, 0.25) is 0 Å². The fourth-order valence-corrected chi connectivity index (χ4v) is 3.27. The molecule has 0 aromatic carbocycles. The Hall–Kier alpha value is -0.570. The molecule has 3 heteroatoms. The molecule has 19 heavy (non-hydrogen) atoms. The van der Waals surface area contributed by atoms with Crippen molar-refractivity contribution in [2.75, 3.05) is 0 Å². The van der Waals surface area contributed by atoms with Crippen molar-refractivity contribution in [3.8, 4) is 0 Å². The van der Waals surface area contributed by atoms with Crippen LogP contribution in [0.25, 0.3) is 0 Å². The molecule has 0 aromatic heterocycles. The fraction of sp³-hybridized carbons (Fsp3) is 0.938. The van der Waals surface area contributed by atoms with E-state index in [4.69, 9.17) is 5.73 Å². The molecular formula is C16H32N2O. The van der Waals surface area contributed by atoms with E-state index in [0.717, 1.165) is 12.8 Å². The van der Waals surface area contributed by atoms with Crippen LogP contribution in [0, 0.1) is 23.7 Å². The van der Waals surface area contributed by atoms with Gasteiger partial charge in [0.25, 0.3) is 0 Å². The van der Waals surface area contributed by atoms with Gasteiger partial charge in [-0.15, -0.1) is 0 Å². The molecule has 0 aromatic rings. The number of carbonyl (C=O) groups excluding carboxylic acids is 1. The Morgan fingerprint density at radius 2 is 1.89 bits per heavy atom. The summed E-state index contributed by atoms with van der Waals surface area (Å²) in [5.74, 6) is 2.44. The third-order valence-corrected chi connectivity index (χ3v) is 4.41. The summed E-state index contributed by atoms with van der Waals surface area (Å²) >= 11 is 0. The summed E-state index contributed by atoms with van der Waals surface area (Å²) in [7, 11) is 0. The summed E-state index contributed by atoms with van der Waals surface area (Å²) in [6.07, 6.45) is 4.37. The molecule has 0 heterocycles. The summed E-state index contributed by atoms with van der Waals surface area (Å²) < 4.78 is 0. The Morgan fingerprint density at radius 1 is 1.26 bits per heavy atom. The summed E-state index contributed by atoms with van der Waals surface area (Å²) in [5.41, 5.74) is 5.98. The first-order valence-electron chi connectivity index (χ1n) is 7.87. The van der Waals surface area contributed by atoms with E-state index in [1.54, 1.807) is 0 Å². The number of nitrogens with one attached hydrogen (secondary N) is 1. The van der Waals surface area contributed by atoms with Crippen molar-refractivity contribution in [2.45, 2.75) is 72.4 Å². The first kappa shape index (κ1) is 16.5. The number of hydrogen-bond donors (Lipinski definition) is 2. The monoisotopic (exact) mass is 268 g/mol. The Kier molecular flexibility index (Phi) is 6.31. The lowest BCUT2D eigenvalue weighted by Gasteiger charge is -2.38. The van der Waals surface area contributed by atoms with Gasteiger partial charge in [-0.05, 0) is 42.9 Å². The minimum Gasteiger partial charge on any atom is -0.352 e. The normalized spacial score (nSPS) is 29.6. The molecule has 112 valence electrons. The van der Waals surface area contributed by atoms with Gasteiger partial charge in [-0.25, -0.2) is 0 Å². The standard InChI is InChI=1S/C16H32N2O/c1-10(2)8-14(17)16(19)18-15-9-12(5)6-7-13(15)11(3)4/h10-15H,6-9,17H2,1-5H3,(H,18,19)/t12?,13?,14-,15?/m0/s1. The zero-order chi connectivity index (χ0) is 14.6. The molecule has 0 radical (unpaired) electrons. The van der Waals surface area contributed by atoms with Crippen molar-refractivity contribution < 1.29 is 4.79 Å². The molecule has 0 spiro atoms. The molecular weight excluding hydrogens is 236 g/mol. The van der Waals surface area contributed by atoms with E-state index in [1.165, 1.54) is 12.8 Å². The first-order valence-corrected chi connectivity index (χ1v) is 7.87. The molecule has 1 fully saturated rings. The maximum Gasteiger partial charge on any atom is 0.237 e. The predicted octanol–water partition coefficient (Wildman–Crippen LogP) is 2.94. The minimum atomic E-state index is -0.356. The van der Waals surface area contributed by atoms with E-state index in [-0.39, 0.29) is 11.9 Å². The number of carbonyl (C=O) groups is 1. The maximum absolute atomic E-state index is 12.2. The largest absolute Gasteiger partial charge is 0.352 e. The van der Waals surface area contributed by atoms with Crippen LogP contribution in [0.5, 0.6) is 0 Å². The van der Waals surface area contributed by atoms with Crippen LogP contribution in [0.3, 0.4) is 0 Å². The summed E-state index contributed by atoms with van der Waals surface area (Å²) in [6.45, 7) is 11.0. The Bertz CT molecular complexity index is 288. The molecule has 3 nitrogen and oxygen atoms in total. The van der Waals surface area contributed by atoms with Gasteiger partial charge in [0.2, 0.25) is 5.91 Å². The van der Waals surface area contributed by atoms with Crippen LogP contribution in [-0.4, -0.2) is 18.0 Å². The van der Waals surface area contributed by atoms with Gasteiger partial charge < -0.3 is 11.1 Å². The lowest BCUT2D eigenvalue weighted by Crippen LogP contribution is -2.51. The molecule has 3 N–H and O–H groups in total. The third-order valence-electron chi connectivity index (χ3n) is 4.41. The number of amides is 1. The van der Waals surface area contributed by atoms with Gasteiger partial charge in [0.05, 0.1) is 6.04 Å². The Balaban J connectivity index is 2.58. The summed E-state index contributed by atoms with van der Waals surface area (Å²) in [5, 5.41) is 3.22. The van der Waals surface area contributed by atoms with E-state index < -0.39 is 0 Å². The van der Waals surface area contributed by atoms with Crippen molar-refractivity contribution in [1.82, 2.24) is 5.32 Å². The zero-order valence-corrected chi connectivity index (χ0v) is 13.3. The highest BCUT2D eigenvalue weighted by atomic mass is 16.2. The number of nitrogens with two attached hydrogens (primary N) is 1. The maximum atomic E-state index is 12.2. The van der Waals surface area contributed by atoms with E-state index in [2.05, 4.69) is 39.9 Å². The highest BCUT2D eigenvalue weighted by molar-refractivity contribution is 5.81. The van der Waals surface area contributed by atoms with E-state index >= 15 is 0 Å². The van der Waals surface area contributed by atoms with Crippen LogP contribution in [-0.2, 0) is 4.79 Å². The smallest absolute Gasteiger partial charge is 0.237 e. The lowest BCUT2D eigenvalue weighted by atomic mass is 9.74. The van der Waals surface area contributed by atoms with E-state index in [0.29, 0.717) is 29.7 Å². The van der Waals surface area contributed by atoms with Gasteiger partial charge in [0.1, 0.15) is 0 Å². The first-order chi connectivity index (χ1) is 8.81. The second kappa shape index (κ2) is 7.28. The van der Waals surface area contributed by atoms with E-state index in [9.17, 15) is 4.79 Å². The van der Waals surface area contributed by atoms with Crippen molar-refractivity contribution in [3.05, 3.63) is 0 Å². The Morgan fingerprint density at radius 3 is 2.42 bits per heavy atom. The van der Waals surface area contributed by atoms with Crippen molar-refractivity contribution >= 4 is 5.91 Å². The molecule has 0 aliphatic heterocycles. The molecule has 1 saturated carbocycles. The minimum absolute atomic E-state index is 0.0402. The highest BCUT2D eigenvalue weighted by Gasteiger charge is 2.32. The molecule has 1 aliphatic rings. The van der Waals surface area contributed by atoms with Crippen molar-refractivity contribution in [1.29, 1.82) is 0 Å². The summed E-state index contributed by atoms with van der Waals surface area (Å²) in [4.78, 5) is 12.2. The van der Waals surface area contributed by atoms with E-state index in [1.807, 2.05) is 0 Å². The molecule has 1 rings (SSSR count). The topological polar surface area (TPSA) is 55.1 Å². The van der Waals surface area contributed by atoms with Crippen LogP contribution in [0.15, 0.2) is 0 Å². The predicted molar refractivity (Wildman–Crippen MR) is 80.7 cm³/mol. The van der Waals surface area contributed by atoms with Gasteiger partial charge >= 0.3 is 0 Å². The molecule has 1 amide bonds. The SMILES string of the molecule is CC(C)C[C@H](N)C(=O)NC1CC(C)CCC1C(C)C. The van der Waals surface area contributed by atoms with Crippen molar-refractivity contribution in [2.24, 2.45) is 29.4 Å². The number of hydrogen-bond acceptors (Lipinski definition) is 2. The van der Waals surface area contributed by atoms with Crippen LogP contribution >= 0.6 is 0 Å². The average molecular weight is 268 g/mol. The fourth-order valence-electron chi connectivity index (χ4n) is 3.27. The van der Waals surface area contributed by atoms with Crippen molar-refractivity contribution in [3.63, 3.8) is 0 Å². The second-order valence-electron chi connectivity index (χ2n) is 7.18. The quantitative estimate of drug-likeness (QED) is 0.805. The average Bonchev–Trinajstić information content (AvgIpc) is 2.27. The molecule has 1 aliphatic carbocycles. The zero-order valence-electron chi connectivity index (χ0n) is 13.3. The van der Waals surface area contributed by atoms with Crippen LogP contribution < -0.4 is 11.1 Å². The van der Waals surface area contributed by atoms with Gasteiger partial charge in [-0.2, -0.15) is 0 Å². The Labute approximate surface area is 118 Å². The third kappa shape index (κ3) is 5.13. The summed E-state index contributed by atoms with van der Waals surface area (Å²) in [6, 6.07) is -0.0421. The molecule has 0 saturated heterocycles. The van der Waals surface area contributed by atoms with Gasteiger partial charge in [-0.3, -0.25) is 4.79 Å². The van der Waals surface area contributed by atoms with Gasteiger partial charge in [-0.1, -0.05) is 41.0 Å². The molecule has 4 atom stereocenters. The van der Waals surface area contributed by atoms with Crippen LogP contribution in [0.4, 0.5) is 0 Å². The van der Waals surface area contributed by atoms with Gasteiger partial charge in [0, 0.05) is 6.04 Å². The number of rotatable bonds is 5. The molecule has 3 unspecified atom stereocenters. The lowest BCUT2D eigenvalue weighted by molar-refractivity contribution is -0.124. The second-order valence-corrected chi connectivity index (χ2v) is 7.18. The molecule has 0 bridgehead atoms. The highest BCUT2D eigenvalue weighted by Crippen LogP contribution is 2.33.